The smallest absolute Gasteiger partial charge is 0.243 e. The number of nitrogens with zero attached hydrogens (tertiary/aromatic N) is 2. The lowest BCUT2D eigenvalue weighted by molar-refractivity contribution is -0.0705. The predicted octanol–water partition coefficient (Wildman–Crippen LogP) is 2.21. The van der Waals surface area contributed by atoms with E-state index in [4.69, 9.17) is 14.0 Å². The maximum absolute atomic E-state index is 6.08. The van der Waals surface area contributed by atoms with Crippen molar-refractivity contribution in [3.63, 3.8) is 0 Å². The van der Waals surface area contributed by atoms with Crippen LogP contribution in [0.15, 0.2) is 4.52 Å². The zero-order valence-corrected chi connectivity index (χ0v) is 13.2. The molecule has 0 bridgehead atoms. The van der Waals surface area contributed by atoms with Gasteiger partial charge in [-0.25, -0.2) is 0 Å². The molecule has 1 aromatic heterocycles. The first-order valence-electron chi connectivity index (χ1n) is 7.01. The van der Waals surface area contributed by atoms with E-state index in [-0.39, 0.29) is 23.3 Å². The fraction of sp³-hybridized carbons (Fsp3) is 0.857. The average Bonchev–Trinajstić information content (AvgIpc) is 2.82. The van der Waals surface area contributed by atoms with E-state index in [2.05, 4.69) is 43.2 Å². The number of aromatic nitrogens is 2. The first-order valence-corrected chi connectivity index (χ1v) is 7.01. The molecule has 2 atom stereocenters. The van der Waals surface area contributed by atoms with Crippen molar-refractivity contribution in [2.75, 3.05) is 7.11 Å². The molecule has 6 nitrogen and oxygen atoms in total. The molecule has 1 fully saturated rings. The highest BCUT2D eigenvalue weighted by molar-refractivity contribution is 5.01. The van der Waals surface area contributed by atoms with Crippen LogP contribution in [0.5, 0.6) is 0 Å². The van der Waals surface area contributed by atoms with Gasteiger partial charge in [0.15, 0.2) is 5.82 Å². The Morgan fingerprint density at radius 3 is 2.65 bits per heavy atom. The van der Waals surface area contributed by atoms with Crippen molar-refractivity contribution in [2.24, 2.45) is 0 Å². The summed E-state index contributed by atoms with van der Waals surface area (Å²) in [4.78, 5) is 4.32. The van der Waals surface area contributed by atoms with Crippen LogP contribution in [-0.2, 0) is 16.1 Å². The fourth-order valence-electron chi connectivity index (χ4n) is 2.83. The van der Waals surface area contributed by atoms with Crippen molar-refractivity contribution in [1.82, 2.24) is 15.5 Å². The molecule has 1 aliphatic heterocycles. The molecule has 0 aliphatic carbocycles. The molecule has 0 amide bonds. The van der Waals surface area contributed by atoms with Crippen LogP contribution < -0.4 is 5.32 Å². The molecule has 0 spiro atoms. The molecule has 1 N–H and O–H groups in total. The normalized spacial score (nSPS) is 25.8. The molecule has 0 unspecified atom stereocenters. The Labute approximate surface area is 120 Å². The van der Waals surface area contributed by atoms with Gasteiger partial charge in [-0.05, 0) is 41.0 Å². The summed E-state index contributed by atoms with van der Waals surface area (Å²) >= 11 is 0. The van der Waals surface area contributed by atoms with Crippen molar-refractivity contribution in [3.05, 3.63) is 11.7 Å². The van der Waals surface area contributed by atoms with E-state index in [1.165, 1.54) is 0 Å². The van der Waals surface area contributed by atoms with Crippen molar-refractivity contribution in [1.29, 1.82) is 0 Å². The predicted molar refractivity (Wildman–Crippen MR) is 74.2 cm³/mol. The lowest BCUT2D eigenvalue weighted by Gasteiger charge is -2.29. The summed E-state index contributed by atoms with van der Waals surface area (Å²) in [5.74, 6) is 1.15. The highest BCUT2D eigenvalue weighted by atomic mass is 16.5. The minimum absolute atomic E-state index is 0.0186. The highest BCUT2D eigenvalue weighted by Gasteiger charge is 2.46. The van der Waals surface area contributed by atoms with Gasteiger partial charge in [-0.2, -0.15) is 4.98 Å². The van der Waals surface area contributed by atoms with Crippen LogP contribution >= 0.6 is 0 Å². The van der Waals surface area contributed by atoms with Gasteiger partial charge in [0.1, 0.15) is 6.61 Å². The van der Waals surface area contributed by atoms with Gasteiger partial charge < -0.3 is 19.3 Å². The molecule has 0 aromatic carbocycles. The van der Waals surface area contributed by atoms with Gasteiger partial charge in [0, 0.05) is 13.2 Å². The summed E-state index contributed by atoms with van der Waals surface area (Å²) in [6.45, 7) is 10.8. The lowest BCUT2D eigenvalue weighted by Crippen LogP contribution is -2.44. The summed E-state index contributed by atoms with van der Waals surface area (Å²) in [6, 6.07) is 0.222. The maximum atomic E-state index is 6.08. The van der Waals surface area contributed by atoms with Gasteiger partial charge >= 0.3 is 0 Å². The summed E-state index contributed by atoms with van der Waals surface area (Å²) < 4.78 is 16.3. The van der Waals surface area contributed by atoms with Crippen LogP contribution in [0.4, 0.5) is 0 Å². The third-order valence-corrected chi connectivity index (χ3v) is 3.65. The number of hydrogen-bond acceptors (Lipinski definition) is 6. The number of rotatable bonds is 5. The molecule has 114 valence electrons. The van der Waals surface area contributed by atoms with Crippen LogP contribution in [0.1, 0.15) is 58.8 Å². The SMILES string of the molecule is COCc1noc([C@H](C)N[C@H]2CC(C)(C)OC2(C)C)n1. The first kappa shape index (κ1) is 15.4. The van der Waals surface area contributed by atoms with Crippen LogP contribution in [0.25, 0.3) is 0 Å². The molecule has 0 saturated carbocycles. The molecule has 6 heteroatoms. The molecule has 1 aromatic rings. The number of nitrogens with one attached hydrogen (secondary N) is 1. The van der Waals surface area contributed by atoms with Crippen molar-refractivity contribution < 1.29 is 14.0 Å². The van der Waals surface area contributed by atoms with Gasteiger partial charge in [-0.1, -0.05) is 5.16 Å². The first-order chi connectivity index (χ1) is 9.23. The minimum Gasteiger partial charge on any atom is -0.377 e. The van der Waals surface area contributed by atoms with Gasteiger partial charge in [-0.15, -0.1) is 0 Å². The topological polar surface area (TPSA) is 69.4 Å². The van der Waals surface area contributed by atoms with Gasteiger partial charge in [0.25, 0.3) is 0 Å². The quantitative estimate of drug-likeness (QED) is 0.893. The zero-order valence-electron chi connectivity index (χ0n) is 13.2. The van der Waals surface area contributed by atoms with Crippen LogP contribution in [0, 0.1) is 0 Å². The van der Waals surface area contributed by atoms with E-state index in [9.17, 15) is 0 Å². The second-order valence-electron chi connectivity index (χ2n) is 6.59. The van der Waals surface area contributed by atoms with Crippen LogP contribution in [0.2, 0.25) is 0 Å². The number of methoxy groups -OCH3 is 1. The third kappa shape index (κ3) is 3.37. The van der Waals surface area contributed by atoms with Gasteiger partial charge in [-0.3, -0.25) is 0 Å². The molecule has 2 rings (SSSR count). The van der Waals surface area contributed by atoms with Crippen molar-refractivity contribution >= 4 is 0 Å². The molecule has 1 aliphatic rings. The Kier molecular flexibility index (Phi) is 4.18. The second kappa shape index (κ2) is 5.42. The zero-order chi connectivity index (χ0) is 15.0. The van der Waals surface area contributed by atoms with E-state index < -0.39 is 0 Å². The highest BCUT2D eigenvalue weighted by Crippen LogP contribution is 2.38. The minimum atomic E-state index is -0.215. The van der Waals surface area contributed by atoms with E-state index in [0.29, 0.717) is 18.3 Å². The largest absolute Gasteiger partial charge is 0.377 e. The van der Waals surface area contributed by atoms with Crippen LogP contribution in [-0.4, -0.2) is 34.5 Å². The van der Waals surface area contributed by atoms with E-state index >= 15 is 0 Å². The third-order valence-electron chi connectivity index (χ3n) is 3.65. The average molecular weight is 283 g/mol. The fourth-order valence-corrected chi connectivity index (χ4v) is 2.83. The molecular weight excluding hydrogens is 258 g/mol. The number of hydrogen-bond donors (Lipinski definition) is 1. The Balaban J connectivity index is 2.02. The Hall–Kier alpha value is -0.980. The maximum Gasteiger partial charge on any atom is 0.243 e. The van der Waals surface area contributed by atoms with Gasteiger partial charge in [0.05, 0.1) is 17.2 Å². The van der Waals surface area contributed by atoms with E-state index in [1.54, 1.807) is 7.11 Å². The van der Waals surface area contributed by atoms with Crippen LogP contribution in [0.3, 0.4) is 0 Å². The summed E-state index contributed by atoms with van der Waals surface area (Å²) in [7, 11) is 1.61. The number of ether oxygens (including phenoxy) is 2. The molecule has 20 heavy (non-hydrogen) atoms. The molecule has 2 heterocycles. The monoisotopic (exact) mass is 283 g/mol. The van der Waals surface area contributed by atoms with Crippen molar-refractivity contribution in [3.8, 4) is 0 Å². The lowest BCUT2D eigenvalue weighted by atomic mass is 9.94. The molecular formula is C14H25N3O3. The molecule has 1 saturated heterocycles. The van der Waals surface area contributed by atoms with Gasteiger partial charge in [0.2, 0.25) is 5.89 Å². The van der Waals surface area contributed by atoms with E-state index in [1.807, 2.05) is 6.92 Å². The Morgan fingerprint density at radius 2 is 2.10 bits per heavy atom. The summed E-state index contributed by atoms with van der Waals surface area (Å²) in [6.07, 6.45) is 0.948. The standard InChI is InChI=1S/C14H25N3O3/c1-9(12-16-11(8-18-6)17-19-12)15-10-7-13(2,3)20-14(10,4)5/h9-10,15H,7-8H2,1-6H3/t9-,10-/m0/s1. The second-order valence-corrected chi connectivity index (χ2v) is 6.59. The summed E-state index contributed by atoms with van der Waals surface area (Å²) in [5, 5.41) is 7.42. The Bertz CT molecular complexity index is 456. The van der Waals surface area contributed by atoms with E-state index in [0.717, 1.165) is 6.42 Å². The summed E-state index contributed by atoms with van der Waals surface area (Å²) in [5.41, 5.74) is -0.329. The molecule has 0 radical (unpaired) electrons. The van der Waals surface area contributed by atoms with Crippen molar-refractivity contribution in [2.45, 2.75) is 70.9 Å². The Morgan fingerprint density at radius 1 is 1.40 bits per heavy atom.